The van der Waals surface area contributed by atoms with E-state index in [2.05, 4.69) is 5.32 Å². The maximum Gasteiger partial charge on any atom is 0.325 e. The normalized spacial score (nSPS) is 17.4. The molecule has 9 nitrogen and oxygen atoms in total. The maximum atomic E-state index is 13.2. The molecule has 36 heavy (non-hydrogen) atoms. The number of aryl methyl sites for hydroxylation is 1. The number of hydrogen-bond acceptors (Lipinski definition) is 5. The van der Waals surface area contributed by atoms with Gasteiger partial charge >= 0.3 is 6.03 Å². The van der Waals surface area contributed by atoms with E-state index in [0.29, 0.717) is 25.7 Å². The van der Waals surface area contributed by atoms with Crippen LogP contribution in [0, 0.1) is 11.8 Å². The molecule has 1 saturated heterocycles. The minimum absolute atomic E-state index is 0.0248. The number of amides is 5. The van der Waals surface area contributed by atoms with Crippen LogP contribution >= 0.6 is 0 Å². The Morgan fingerprint density at radius 2 is 1.61 bits per heavy atom. The van der Waals surface area contributed by atoms with Gasteiger partial charge in [0.2, 0.25) is 11.8 Å². The predicted molar refractivity (Wildman–Crippen MR) is 133 cm³/mol. The highest BCUT2D eigenvalue weighted by Gasteiger charge is 2.48. The second-order valence-corrected chi connectivity index (χ2v) is 9.85. The molecule has 0 unspecified atom stereocenters. The molecule has 0 radical (unpaired) electrons. The van der Waals surface area contributed by atoms with Gasteiger partial charge in [0.15, 0.2) is 0 Å². The van der Waals surface area contributed by atoms with E-state index in [1.807, 2.05) is 60.7 Å². The highest BCUT2D eigenvalue weighted by Crippen LogP contribution is 2.33. The van der Waals surface area contributed by atoms with Crippen molar-refractivity contribution >= 4 is 23.8 Å². The largest absolute Gasteiger partial charge is 0.369 e. The molecule has 0 saturated carbocycles. The summed E-state index contributed by atoms with van der Waals surface area (Å²) in [5.74, 6) is -3.77. The van der Waals surface area contributed by atoms with Gasteiger partial charge in [-0.25, -0.2) is 10.3 Å². The zero-order chi connectivity index (χ0) is 26.3. The number of imide groups is 1. The molecular weight excluding hydrogens is 460 g/mol. The van der Waals surface area contributed by atoms with Crippen LogP contribution < -0.4 is 16.5 Å². The molecule has 0 bridgehead atoms. The van der Waals surface area contributed by atoms with Gasteiger partial charge in [0, 0.05) is 12.0 Å². The summed E-state index contributed by atoms with van der Waals surface area (Å²) in [6.07, 6.45) is 1.87. The number of primary amides is 1. The first-order valence-corrected chi connectivity index (χ1v) is 12.1. The van der Waals surface area contributed by atoms with Crippen LogP contribution in [0.3, 0.4) is 0 Å². The SMILES string of the molecule is CC(C)(C[C@@H](C(N)=O)[C@H](CCCc1ccccc1)C(=O)NO)N1C(=O)N[C@@H](Cc2ccccc2)C1=O. The van der Waals surface area contributed by atoms with Crippen LogP contribution in [0.2, 0.25) is 0 Å². The average molecular weight is 495 g/mol. The van der Waals surface area contributed by atoms with E-state index < -0.39 is 47.2 Å². The Labute approximate surface area is 211 Å². The molecule has 9 heteroatoms. The molecular formula is C27H34N4O5. The first-order chi connectivity index (χ1) is 17.1. The van der Waals surface area contributed by atoms with E-state index in [0.717, 1.165) is 16.0 Å². The molecule has 3 atom stereocenters. The van der Waals surface area contributed by atoms with Gasteiger partial charge in [-0.3, -0.25) is 24.5 Å². The Morgan fingerprint density at radius 1 is 1.03 bits per heavy atom. The third kappa shape index (κ3) is 6.48. The summed E-state index contributed by atoms with van der Waals surface area (Å²) < 4.78 is 0. The van der Waals surface area contributed by atoms with Crippen molar-refractivity contribution in [3.8, 4) is 0 Å². The van der Waals surface area contributed by atoms with Crippen LogP contribution in [0.5, 0.6) is 0 Å². The second-order valence-electron chi connectivity index (χ2n) is 9.85. The lowest BCUT2D eigenvalue weighted by molar-refractivity contribution is -0.141. The van der Waals surface area contributed by atoms with Crippen LogP contribution in [-0.2, 0) is 27.2 Å². The van der Waals surface area contributed by atoms with Gasteiger partial charge in [0.05, 0.1) is 11.8 Å². The van der Waals surface area contributed by atoms with Crippen LogP contribution in [0.1, 0.15) is 44.2 Å². The van der Waals surface area contributed by atoms with Gasteiger partial charge in [0.1, 0.15) is 6.04 Å². The summed E-state index contributed by atoms with van der Waals surface area (Å²) in [4.78, 5) is 52.2. The van der Waals surface area contributed by atoms with Crippen molar-refractivity contribution < 1.29 is 24.4 Å². The molecule has 2 aromatic rings. The molecule has 192 valence electrons. The fourth-order valence-electron chi connectivity index (χ4n) is 4.93. The van der Waals surface area contributed by atoms with Crippen molar-refractivity contribution in [1.29, 1.82) is 0 Å². The fraction of sp³-hybridized carbons (Fsp3) is 0.407. The minimum atomic E-state index is -1.11. The Bertz CT molecular complexity index is 1070. The summed E-state index contributed by atoms with van der Waals surface area (Å²) >= 11 is 0. The number of rotatable bonds is 12. The van der Waals surface area contributed by atoms with Crippen molar-refractivity contribution in [2.45, 2.75) is 57.5 Å². The van der Waals surface area contributed by atoms with E-state index in [-0.39, 0.29) is 6.42 Å². The van der Waals surface area contributed by atoms with Crippen LogP contribution in [0.15, 0.2) is 60.7 Å². The number of carbonyl (C=O) groups is 4. The number of benzene rings is 2. The summed E-state index contributed by atoms with van der Waals surface area (Å²) in [5.41, 5.74) is 8.24. The molecule has 1 fully saturated rings. The molecule has 3 rings (SSSR count). The lowest BCUT2D eigenvalue weighted by atomic mass is 9.78. The van der Waals surface area contributed by atoms with Crippen LogP contribution in [0.25, 0.3) is 0 Å². The quantitative estimate of drug-likeness (QED) is 0.204. The predicted octanol–water partition coefficient (Wildman–Crippen LogP) is 2.56. The summed E-state index contributed by atoms with van der Waals surface area (Å²) in [6.45, 7) is 3.34. The molecule has 2 aromatic carbocycles. The van der Waals surface area contributed by atoms with E-state index in [9.17, 15) is 24.4 Å². The molecule has 5 amide bonds. The third-order valence-corrected chi connectivity index (χ3v) is 6.75. The standard InChI is InChI=1S/C27H34N4O5/c1-27(2,31-25(34)22(29-26(31)35)16-19-12-7-4-8-13-19)17-21(23(28)32)20(24(33)30-36)15-9-14-18-10-5-3-6-11-18/h3-8,10-13,20-22,36H,9,14-17H2,1-2H3,(H2,28,32)(H,29,35)(H,30,33)/t20-,21+,22-/m0/s1. The minimum Gasteiger partial charge on any atom is -0.369 e. The Morgan fingerprint density at radius 3 is 2.17 bits per heavy atom. The lowest BCUT2D eigenvalue weighted by Crippen LogP contribution is -2.52. The van der Waals surface area contributed by atoms with Gasteiger partial charge in [0.25, 0.3) is 5.91 Å². The number of carbonyl (C=O) groups excluding carboxylic acids is 4. The summed E-state index contributed by atoms with van der Waals surface area (Å²) in [7, 11) is 0. The molecule has 1 aliphatic rings. The highest BCUT2D eigenvalue weighted by molar-refractivity contribution is 6.05. The number of nitrogens with zero attached hydrogens (tertiary/aromatic N) is 1. The Kier molecular flexibility index (Phi) is 8.82. The average Bonchev–Trinajstić information content (AvgIpc) is 3.14. The first-order valence-electron chi connectivity index (χ1n) is 12.1. The Balaban J connectivity index is 1.74. The zero-order valence-corrected chi connectivity index (χ0v) is 20.6. The number of hydrogen-bond donors (Lipinski definition) is 4. The molecule has 0 aromatic heterocycles. The van der Waals surface area contributed by atoms with E-state index >= 15 is 0 Å². The molecule has 1 heterocycles. The number of hydroxylamine groups is 1. The number of nitrogens with one attached hydrogen (secondary N) is 2. The van der Waals surface area contributed by atoms with Gasteiger partial charge in [-0.05, 0) is 50.7 Å². The number of urea groups is 1. The van der Waals surface area contributed by atoms with E-state index in [1.165, 1.54) is 0 Å². The fourth-order valence-corrected chi connectivity index (χ4v) is 4.93. The van der Waals surface area contributed by atoms with E-state index in [4.69, 9.17) is 5.73 Å². The number of nitrogens with two attached hydrogens (primary N) is 1. The maximum absolute atomic E-state index is 13.2. The Hall–Kier alpha value is -3.72. The third-order valence-electron chi connectivity index (χ3n) is 6.75. The van der Waals surface area contributed by atoms with E-state index in [1.54, 1.807) is 19.3 Å². The van der Waals surface area contributed by atoms with Gasteiger partial charge in [-0.15, -0.1) is 0 Å². The van der Waals surface area contributed by atoms with Crippen LogP contribution in [0.4, 0.5) is 4.79 Å². The lowest BCUT2D eigenvalue weighted by Gasteiger charge is -2.37. The van der Waals surface area contributed by atoms with Crippen molar-refractivity contribution in [3.63, 3.8) is 0 Å². The van der Waals surface area contributed by atoms with Crippen molar-refractivity contribution in [1.82, 2.24) is 15.7 Å². The highest BCUT2D eigenvalue weighted by atomic mass is 16.5. The smallest absolute Gasteiger partial charge is 0.325 e. The van der Waals surface area contributed by atoms with Crippen LogP contribution in [-0.4, -0.2) is 45.4 Å². The molecule has 1 aliphatic heterocycles. The molecule has 0 spiro atoms. The first kappa shape index (κ1) is 26.9. The monoisotopic (exact) mass is 494 g/mol. The summed E-state index contributed by atoms with van der Waals surface area (Å²) in [5, 5.41) is 12.1. The zero-order valence-electron chi connectivity index (χ0n) is 20.6. The van der Waals surface area contributed by atoms with Crippen molar-refractivity contribution in [2.24, 2.45) is 17.6 Å². The summed E-state index contributed by atoms with van der Waals surface area (Å²) in [6, 6.07) is 17.8. The topological polar surface area (TPSA) is 142 Å². The second kappa shape index (κ2) is 11.8. The molecule has 0 aliphatic carbocycles. The van der Waals surface area contributed by atoms with Gasteiger partial charge < -0.3 is 11.1 Å². The van der Waals surface area contributed by atoms with Crippen molar-refractivity contribution in [3.05, 3.63) is 71.8 Å². The molecule has 5 N–H and O–H groups in total. The van der Waals surface area contributed by atoms with Gasteiger partial charge in [-0.2, -0.15) is 0 Å². The van der Waals surface area contributed by atoms with Crippen molar-refractivity contribution in [2.75, 3.05) is 0 Å². The van der Waals surface area contributed by atoms with Gasteiger partial charge in [-0.1, -0.05) is 60.7 Å².